The van der Waals surface area contributed by atoms with Gasteiger partial charge in [-0.15, -0.1) is 0 Å². The van der Waals surface area contributed by atoms with Gasteiger partial charge in [-0.25, -0.2) is 8.42 Å². The first-order chi connectivity index (χ1) is 14.8. The van der Waals surface area contributed by atoms with Gasteiger partial charge in [-0.3, -0.25) is 9.10 Å². The molecule has 2 aliphatic rings. The number of hydrogen-bond acceptors (Lipinski definition) is 4. The summed E-state index contributed by atoms with van der Waals surface area (Å²) in [6.45, 7) is 2.22. The summed E-state index contributed by atoms with van der Waals surface area (Å²) in [7, 11) is -3.91. The highest BCUT2D eigenvalue weighted by molar-refractivity contribution is 7.92. The smallest absolute Gasteiger partial charge is 0.264 e. The maximum atomic E-state index is 13.4. The minimum atomic E-state index is -3.91. The van der Waals surface area contributed by atoms with Crippen molar-refractivity contribution in [3.8, 4) is 5.75 Å². The van der Waals surface area contributed by atoms with Gasteiger partial charge in [0.25, 0.3) is 15.9 Å². The van der Waals surface area contributed by atoms with E-state index in [9.17, 15) is 13.2 Å². The first-order valence-electron chi connectivity index (χ1n) is 10.4. The van der Waals surface area contributed by atoms with E-state index in [1.165, 1.54) is 16.3 Å². The average Bonchev–Trinajstić information content (AvgIpc) is 2.77. The number of carbonyl (C=O) groups excluding carboxylic acids is 1. The van der Waals surface area contributed by atoms with Gasteiger partial charge in [0.05, 0.1) is 17.1 Å². The van der Waals surface area contributed by atoms with Gasteiger partial charge in [-0.05, 0) is 62.9 Å². The minimum Gasteiger partial charge on any atom is -0.476 e. The van der Waals surface area contributed by atoms with Crippen molar-refractivity contribution in [1.29, 1.82) is 0 Å². The molecule has 0 fully saturated rings. The maximum Gasteiger partial charge on any atom is 0.264 e. The van der Waals surface area contributed by atoms with Gasteiger partial charge in [0.2, 0.25) is 0 Å². The second-order valence-electron chi connectivity index (χ2n) is 7.89. The SMILES string of the molecule is Cc1ccc(S(=O)(=O)N2C[C@H](C(=O)NCC3=CCCCC3)Oc3ccc(Cl)cc32)cc1. The number of nitrogens with zero attached hydrogens (tertiary/aromatic N) is 1. The number of anilines is 1. The van der Waals surface area contributed by atoms with E-state index in [-0.39, 0.29) is 17.3 Å². The highest BCUT2D eigenvalue weighted by Crippen LogP contribution is 2.38. The molecule has 2 aromatic rings. The predicted molar refractivity (Wildman–Crippen MR) is 121 cm³/mol. The topological polar surface area (TPSA) is 75.7 Å². The summed E-state index contributed by atoms with van der Waals surface area (Å²) < 4.78 is 34.0. The molecule has 0 aromatic heterocycles. The standard InChI is InChI=1S/C23H25ClN2O4S/c1-16-7-10-19(11-8-16)31(28,29)26-15-22(30-21-12-9-18(24)13-20(21)26)23(27)25-14-17-5-3-2-4-6-17/h5,7-13,22H,2-4,6,14-15H2,1H3,(H,25,27)/t22-/m1/s1. The Kier molecular flexibility index (Phi) is 6.25. The number of nitrogens with one attached hydrogen (secondary N) is 1. The summed E-state index contributed by atoms with van der Waals surface area (Å²) in [5, 5.41) is 3.29. The van der Waals surface area contributed by atoms with Crippen LogP contribution in [0.5, 0.6) is 5.75 Å². The number of fused-ring (bicyclic) bond motifs is 1. The lowest BCUT2D eigenvalue weighted by atomic mass is 10.00. The number of aryl methyl sites for hydroxylation is 1. The minimum absolute atomic E-state index is 0.131. The highest BCUT2D eigenvalue weighted by atomic mass is 35.5. The number of hydrogen-bond donors (Lipinski definition) is 1. The summed E-state index contributed by atoms with van der Waals surface area (Å²) in [5.74, 6) is -0.0282. The zero-order valence-electron chi connectivity index (χ0n) is 17.3. The fraction of sp³-hybridized carbons (Fsp3) is 0.348. The summed E-state index contributed by atoms with van der Waals surface area (Å²) in [6, 6.07) is 11.4. The van der Waals surface area contributed by atoms with Crippen LogP contribution < -0.4 is 14.4 Å². The molecule has 4 rings (SSSR count). The number of carbonyl (C=O) groups is 1. The van der Waals surface area contributed by atoms with Crippen LogP contribution in [0.1, 0.15) is 31.2 Å². The Bertz CT molecular complexity index is 1110. The summed E-state index contributed by atoms with van der Waals surface area (Å²) in [4.78, 5) is 13.0. The number of rotatable bonds is 5. The van der Waals surface area contributed by atoms with Gasteiger partial charge in [-0.1, -0.05) is 40.9 Å². The molecule has 2 aromatic carbocycles. The van der Waals surface area contributed by atoms with Crippen LogP contribution in [0.15, 0.2) is 59.0 Å². The van der Waals surface area contributed by atoms with E-state index in [1.54, 1.807) is 42.5 Å². The zero-order chi connectivity index (χ0) is 22.0. The van der Waals surface area contributed by atoms with Crippen molar-refractivity contribution >= 4 is 33.2 Å². The lowest BCUT2D eigenvalue weighted by molar-refractivity contribution is -0.127. The van der Waals surface area contributed by atoms with Gasteiger partial charge < -0.3 is 10.1 Å². The van der Waals surface area contributed by atoms with E-state index in [1.807, 2.05) is 6.92 Å². The molecule has 0 bridgehead atoms. The van der Waals surface area contributed by atoms with Crippen molar-refractivity contribution in [1.82, 2.24) is 5.32 Å². The number of sulfonamides is 1. The fourth-order valence-electron chi connectivity index (χ4n) is 3.81. The van der Waals surface area contributed by atoms with E-state index in [0.29, 0.717) is 23.0 Å². The van der Waals surface area contributed by atoms with Crippen molar-refractivity contribution in [2.45, 2.75) is 43.6 Å². The van der Waals surface area contributed by atoms with Gasteiger partial charge >= 0.3 is 0 Å². The fourth-order valence-corrected chi connectivity index (χ4v) is 5.44. The monoisotopic (exact) mass is 460 g/mol. The number of halogens is 1. The van der Waals surface area contributed by atoms with E-state index in [0.717, 1.165) is 24.8 Å². The Balaban J connectivity index is 1.61. The van der Waals surface area contributed by atoms with E-state index >= 15 is 0 Å². The molecular formula is C23H25ClN2O4S. The molecule has 0 saturated heterocycles. The molecule has 1 atom stereocenters. The Morgan fingerprint density at radius 2 is 1.97 bits per heavy atom. The quantitative estimate of drug-likeness (QED) is 0.678. The molecule has 8 heteroatoms. The lowest BCUT2D eigenvalue weighted by Crippen LogP contribution is -2.51. The zero-order valence-corrected chi connectivity index (χ0v) is 18.9. The van der Waals surface area contributed by atoms with Crippen LogP contribution in [0, 0.1) is 6.92 Å². The van der Waals surface area contributed by atoms with Gasteiger partial charge in [0.15, 0.2) is 6.10 Å². The molecule has 0 unspecified atom stereocenters. The molecule has 1 heterocycles. The first-order valence-corrected chi connectivity index (χ1v) is 12.2. The van der Waals surface area contributed by atoms with Crippen LogP contribution in [0.25, 0.3) is 0 Å². The van der Waals surface area contributed by atoms with Crippen molar-refractivity contribution in [3.63, 3.8) is 0 Å². The van der Waals surface area contributed by atoms with Crippen molar-refractivity contribution < 1.29 is 17.9 Å². The van der Waals surface area contributed by atoms with E-state index in [4.69, 9.17) is 16.3 Å². The second-order valence-corrected chi connectivity index (χ2v) is 10.2. The molecular weight excluding hydrogens is 436 g/mol. The second kappa shape index (κ2) is 8.93. The number of ether oxygens (including phenoxy) is 1. The average molecular weight is 461 g/mol. The Morgan fingerprint density at radius 3 is 2.68 bits per heavy atom. The molecule has 164 valence electrons. The summed E-state index contributed by atoms with van der Waals surface area (Å²) in [6.07, 6.45) is 5.50. The number of allylic oxidation sites excluding steroid dienone is 1. The van der Waals surface area contributed by atoms with Crippen LogP contribution in [-0.4, -0.2) is 33.5 Å². The van der Waals surface area contributed by atoms with Crippen LogP contribution in [-0.2, 0) is 14.8 Å². The largest absolute Gasteiger partial charge is 0.476 e. The third-order valence-electron chi connectivity index (χ3n) is 5.57. The molecule has 6 nitrogen and oxygen atoms in total. The maximum absolute atomic E-state index is 13.4. The Morgan fingerprint density at radius 1 is 1.19 bits per heavy atom. The van der Waals surface area contributed by atoms with Gasteiger partial charge in [0, 0.05) is 11.6 Å². The Labute approximate surface area is 187 Å². The molecule has 1 aliphatic heterocycles. The van der Waals surface area contributed by atoms with Crippen LogP contribution in [0.2, 0.25) is 5.02 Å². The molecule has 0 radical (unpaired) electrons. The number of benzene rings is 2. The predicted octanol–water partition coefficient (Wildman–Crippen LogP) is 4.22. The highest BCUT2D eigenvalue weighted by Gasteiger charge is 2.37. The normalized spacial score (nSPS) is 18.6. The molecule has 0 saturated carbocycles. The molecule has 1 amide bonds. The molecule has 1 N–H and O–H groups in total. The third kappa shape index (κ3) is 4.72. The third-order valence-corrected chi connectivity index (χ3v) is 7.60. The molecule has 31 heavy (non-hydrogen) atoms. The molecule has 1 aliphatic carbocycles. The van der Waals surface area contributed by atoms with Crippen molar-refractivity contribution in [2.75, 3.05) is 17.4 Å². The number of amides is 1. The van der Waals surface area contributed by atoms with Gasteiger partial charge in [0.1, 0.15) is 5.75 Å². The Hall–Kier alpha value is -2.51. The van der Waals surface area contributed by atoms with Crippen LogP contribution in [0.3, 0.4) is 0 Å². The van der Waals surface area contributed by atoms with Gasteiger partial charge in [-0.2, -0.15) is 0 Å². The van der Waals surface area contributed by atoms with E-state index < -0.39 is 16.1 Å². The first kappa shape index (κ1) is 21.7. The van der Waals surface area contributed by atoms with Crippen LogP contribution >= 0.6 is 11.6 Å². The van der Waals surface area contributed by atoms with Crippen molar-refractivity contribution in [3.05, 3.63) is 64.7 Å². The van der Waals surface area contributed by atoms with E-state index in [2.05, 4.69) is 11.4 Å². The van der Waals surface area contributed by atoms with Crippen LogP contribution in [0.4, 0.5) is 5.69 Å². The summed E-state index contributed by atoms with van der Waals surface area (Å²) in [5.41, 5.74) is 2.48. The molecule has 0 spiro atoms. The lowest BCUT2D eigenvalue weighted by Gasteiger charge is -2.35. The summed E-state index contributed by atoms with van der Waals surface area (Å²) >= 11 is 6.13. The van der Waals surface area contributed by atoms with Crippen molar-refractivity contribution in [2.24, 2.45) is 0 Å².